The summed E-state index contributed by atoms with van der Waals surface area (Å²) < 4.78 is 0. The molecule has 1 aliphatic heterocycles. The highest BCUT2D eigenvalue weighted by Crippen LogP contribution is 2.35. The number of aromatic nitrogens is 2. The number of pyridine rings is 1. The lowest BCUT2D eigenvalue weighted by molar-refractivity contribution is 0.0786. The van der Waals surface area contributed by atoms with Gasteiger partial charge in [0.2, 0.25) is 0 Å². The number of H-pyrrole nitrogens is 2. The van der Waals surface area contributed by atoms with Crippen molar-refractivity contribution in [3.8, 4) is 0 Å². The van der Waals surface area contributed by atoms with E-state index >= 15 is 0 Å². The zero-order chi connectivity index (χ0) is 18.5. The Morgan fingerprint density at radius 2 is 1.92 bits per heavy atom. The first-order chi connectivity index (χ1) is 12.4. The molecule has 2 N–H and O–H groups in total. The van der Waals surface area contributed by atoms with Crippen molar-refractivity contribution in [3.05, 3.63) is 68.7 Å². The van der Waals surface area contributed by atoms with Gasteiger partial charge in [-0.1, -0.05) is 30.7 Å². The number of hydrogen-bond donors (Lipinski definition) is 2. The Morgan fingerprint density at radius 1 is 1.19 bits per heavy atom. The molecule has 1 aromatic carbocycles. The lowest BCUT2D eigenvalue weighted by atomic mass is 9.82. The number of aromatic amines is 2. The van der Waals surface area contributed by atoms with E-state index in [1.165, 1.54) is 5.56 Å². The SMILES string of the molecule is Cc1c[nH]c(=O)c2c(C(=O)N3CCC(C)(c4ccc(Cl)cc4)C3)c[nH]c12. The summed E-state index contributed by atoms with van der Waals surface area (Å²) in [5.74, 6) is -0.106. The average molecular weight is 370 g/mol. The molecule has 1 unspecified atom stereocenters. The lowest BCUT2D eigenvalue weighted by Crippen LogP contribution is -2.33. The Kier molecular flexibility index (Phi) is 3.92. The number of rotatable bonds is 2. The molecule has 0 bridgehead atoms. The van der Waals surface area contributed by atoms with Crippen LogP contribution in [0, 0.1) is 6.92 Å². The quantitative estimate of drug-likeness (QED) is 0.724. The minimum absolute atomic E-state index is 0.106. The van der Waals surface area contributed by atoms with E-state index in [2.05, 4.69) is 16.9 Å². The molecule has 0 aliphatic carbocycles. The number of carbonyl (C=O) groups is 1. The molecule has 2 aromatic heterocycles. The van der Waals surface area contributed by atoms with Crippen molar-refractivity contribution in [2.24, 2.45) is 0 Å². The van der Waals surface area contributed by atoms with Gasteiger partial charge in [0.05, 0.1) is 16.5 Å². The summed E-state index contributed by atoms with van der Waals surface area (Å²) in [6.45, 7) is 5.34. The largest absolute Gasteiger partial charge is 0.360 e. The van der Waals surface area contributed by atoms with Gasteiger partial charge in [-0.3, -0.25) is 9.59 Å². The Balaban J connectivity index is 1.66. The van der Waals surface area contributed by atoms with Crippen LogP contribution in [0.4, 0.5) is 0 Å². The van der Waals surface area contributed by atoms with E-state index in [1.807, 2.05) is 36.1 Å². The van der Waals surface area contributed by atoms with Crippen LogP contribution in [-0.4, -0.2) is 33.9 Å². The molecule has 5 nitrogen and oxygen atoms in total. The van der Waals surface area contributed by atoms with Gasteiger partial charge in [0.25, 0.3) is 11.5 Å². The third kappa shape index (κ3) is 2.63. The van der Waals surface area contributed by atoms with Crippen LogP contribution >= 0.6 is 11.6 Å². The molecule has 26 heavy (non-hydrogen) atoms. The first-order valence-electron chi connectivity index (χ1n) is 8.64. The maximum atomic E-state index is 13.1. The maximum absolute atomic E-state index is 13.1. The molecule has 1 aliphatic rings. The molecule has 134 valence electrons. The highest BCUT2D eigenvalue weighted by atomic mass is 35.5. The van der Waals surface area contributed by atoms with Gasteiger partial charge in [0, 0.05) is 35.9 Å². The van der Waals surface area contributed by atoms with Gasteiger partial charge >= 0.3 is 0 Å². The standard InChI is InChI=1S/C20H20ClN3O2/c1-12-9-23-18(25)16-15(10-22-17(12)16)19(26)24-8-7-20(2,11-24)13-3-5-14(21)6-4-13/h3-6,9-10,22H,7-8,11H2,1-2H3,(H,23,25). The Hall–Kier alpha value is -2.53. The number of amides is 1. The van der Waals surface area contributed by atoms with E-state index in [0.29, 0.717) is 29.1 Å². The second-order valence-electron chi connectivity index (χ2n) is 7.30. The van der Waals surface area contributed by atoms with E-state index in [9.17, 15) is 9.59 Å². The van der Waals surface area contributed by atoms with Gasteiger partial charge in [-0.2, -0.15) is 0 Å². The summed E-state index contributed by atoms with van der Waals surface area (Å²) in [6.07, 6.45) is 4.17. The molecule has 3 aromatic rings. The van der Waals surface area contributed by atoms with Gasteiger partial charge in [0.1, 0.15) is 0 Å². The van der Waals surface area contributed by atoms with Gasteiger partial charge < -0.3 is 14.9 Å². The number of nitrogens with zero attached hydrogens (tertiary/aromatic N) is 1. The van der Waals surface area contributed by atoms with Crippen molar-refractivity contribution >= 4 is 28.4 Å². The third-order valence-electron chi connectivity index (χ3n) is 5.45. The highest BCUT2D eigenvalue weighted by molar-refractivity contribution is 6.30. The Bertz CT molecular complexity index is 1050. The molecular weight excluding hydrogens is 350 g/mol. The van der Waals surface area contributed by atoms with Gasteiger partial charge in [-0.25, -0.2) is 0 Å². The summed E-state index contributed by atoms with van der Waals surface area (Å²) in [7, 11) is 0. The molecule has 3 heterocycles. The Labute approximate surface area is 156 Å². The van der Waals surface area contributed by atoms with E-state index < -0.39 is 0 Å². The van der Waals surface area contributed by atoms with Crippen molar-refractivity contribution in [2.45, 2.75) is 25.7 Å². The molecular formula is C20H20ClN3O2. The summed E-state index contributed by atoms with van der Waals surface area (Å²) in [6, 6.07) is 7.81. The average Bonchev–Trinajstić information content (AvgIpc) is 3.24. The van der Waals surface area contributed by atoms with Crippen molar-refractivity contribution in [2.75, 3.05) is 13.1 Å². The summed E-state index contributed by atoms with van der Waals surface area (Å²) in [5.41, 5.74) is 2.88. The molecule has 6 heteroatoms. The topological polar surface area (TPSA) is 69.0 Å². The number of carbonyl (C=O) groups excluding carboxylic acids is 1. The van der Waals surface area contributed by atoms with Crippen LogP contribution in [-0.2, 0) is 5.41 Å². The number of nitrogens with one attached hydrogen (secondary N) is 2. The van der Waals surface area contributed by atoms with Crippen LogP contribution in [0.25, 0.3) is 10.9 Å². The van der Waals surface area contributed by atoms with E-state index in [1.54, 1.807) is 12.4 Å². The normalized spacial score (nSPS) is 20.0. The minimum Gasteiger partial charge on any atom is -0.360 e. The van der Waals surface area contributed by atoms with Crippen LogP contribution in [0.2, 0.25) is 5.02 Å². The molecule has 1 fully saturated rings. The number of fused-ring (bicyclic) bond motifs is 1. The first-order valence-corrected chi connectivity index (χ1v) is 9.01. The predicted octanol–water partition coefficient (Wildman–Crippen LogP) is 3.62. The van der Waals surface area contributed by atoms with Crippen molar-refractivity contribution in [1.29, 1.82) is 0 Å². The zero-order valence-electron chi connectivity index (χ0n) is 14.7. The molecule has 4 rings (SSSR count). The Morgan fingerprint density at radius 3 is 2.65 bits per heavy atom. The molecule has 1 saturated heterocycles. The molecule has 0 saturated carbocycles. The zero-order valence-corrected chi connectivity index (χ0v) is 15.5. The van der Waals surface area contributed by atoms with Gasteiger partial charge in [-0.15, -0.1) is 0 Å². The number of likely N-dealkylation sites (tertiary alicyclic amines) is 1. The first kappa shape index (κ1) is 16.9. The fourth-order valence-electron chi connectivity index (χ4n) is 3.85. The second-order valence-corrected chi connectivity index (χ2v) is 7.73. The second kappa shape index (κ2) is 6.02. The number of aryl methyl sites for hydroxylation is 1. The smallest absolute Gasteiger partial charge is 0.258 e. The van der Waals surface area contributed by atoms with Crippen LogP contribution < -0.4 is 5.56 Å². The highest BCUT2D eigenvalue weighted by Gasteiger charge is 2.38. The summed E-state index contributed by atoms with van der Waals surface area (Å²) in [4.78, 5) is 33.0. The van der Waals surface area contributed by atoms with E-state index in [4.69, 9.17) is 11.6 Å². The number of hydrogen-bond acceptors (Lipinski definition) is 2. The van der Waals surface area contributed by atoms with Crippen LogP contribution in [0.1, 0.15) is 34.8 Å². The maximum Gasteiger partial charge on any atom is 0.258 e. The summed E-state index contributed by atoms with van der Waals surface area (Å²) >= 11 is 5.99. The molecule has 0 radical (unpaired) electrons. The van der Waals surface area contributed by atoms with E-state index in [0.717, 1.165) is 17.5 Å². The summed E-state index contributed by atoms with van der Waals surface area (Å²) in [5, 5.41) is 1.15. The van der Waals surface area contributed by atoms with Gasteiger partial charge in [-0.05, 0) is 36.6 Å². The van der Waals surface area contributed by atoms with Gasteiger partial charge in [0.15, 0.2) is 0 Å². The van der Waals surface area contributed by atoms with Crippen molar-refractivity contribution in [3.63, 3.8) is 0 Å². The van der Waals surface area contributed by atoms with Crippen LogP contribution in [0.15, 0.2) is 41.5 Å². The third-order valence-corrected chi connectivity index (χ3v) is 5.71. The van der Waals surface area contributed by atoms with Crippen LogP contribution in [0.5, 0.6) is 0 Å². The lowest BCUT2D eigenvalue weighted by Gasteiger charge is -2.25. The molecule has 1 amide bonds. The monoisotopic (exact) mass is 369 g/mol. The van der Waals surface area contributed by atoms with Crippen molar-refractivity contribution < 1.29 is 4.79 Å². The minimum atomic E-state index is -0.241. The number of halogens is 1. The number of benzene rings is 1. The fraction of sp³-hybridized carbons (Fsp3) is 0.300. The van der Waals surface area contributed by atoms with Crippen molar-refractivity contribution in [1.82, 2.24) is 14.9 Å². The molecule has 0 spiro atoms. The van der Waals surface area contributed by atoms with Crippen LogP contribution in [0.3, 0.4) is 0 Å². The fourth-order valence-corrected chi connectivity index (χ4v) is 3.98. The molecule has 1 atom stereocenters. The predicted molar refractivity (Wildman–Crippen MR) is 103 cm³/mol. The van der Waals surface area contributed by atoms with E-state index in [-0.39, 0.29) is 16.9 Å².